The molecule has 5 heteroatoms. The van der Waals surface area contributed by atoms with Gasteiger partial charge in [0.1, 0.15) is 12.4 Å². The molecular formula is C15H23NO3S. The van der Waals surface area contributed by atoms with Gasteiger partial charge in [0, 0.05) is 6.04 Å². The van der Waals surface area contributed by atoms with Gasteiger partial charge in [0.2, 0.25) is 0 Å². The third kappa shape index (κ3) is 3.33. The molecule has 0 bridgehead atoms. The summed E-state index contributed by atoms with van der Waals surface area (Å²) in [6.45, 7) is 3.61. The Balaban J connectivity index is 1.96. The van der Waals surface area contributed by atoms with E-state index in [0.29, 0.717) is 6.04 Å². The van der Waals surface area contributed by atoms with Crippen LogP contribution in [0.2, 0.25) is 0 Å². The van der Waals surface area contributed by atoms with Gasteiger partial charge in [0.05, 0.1) is 11.0 Å². The molecular weight excluding hydrogens is 274 g/mol. The van der Waals surface area contributed by atoms with Crippen LogP contribution in [-0.2, 0) is 16.3 Å². The van der Waals surface area contributed by atoms with Crippen LogP contribution in [0.1, 0.15) is 37.4 Å². The van der Waals surface area contributed by atoms with E-state index < -0.39 is 9.84 Å². The molecule has 0 amide bonds. The fraction of sp³-hybridized carbons (Fsp3) is 0.600. The molecule has 2 rings (SSSR count). The number of aryl methyl sites for hydroxylation is 1. The Morgan fingerprint density at radius 3 is 2.80 bits per heavy atom. The van der Waals surface area contributed by atoms with E-state index in [0.717, 1.165) is 18.6 Å². The van der Waals surface area contributed by atoms with E-state index in [9.17, 15) is 8.42 Å². The maximum atomic E-state index is 11.7. The average Bonchev–Trinajstić information content (AvgIpc) is 2.80. The number of ether oxygens (including phenoxy) is 1. The minimum Gasteiger partial charge on any atom is -0.493 e. The number of fused-ring (bicyclic) bond motifs is 1. The van der Waals surface area contributed by atoms with Crippen molar-refractivity contribution in [1.82, 2.24) is 5.32 Å². The van der Waals surface area contributed by atoms with Crippen LogP contribution >= 0.6 is 0 Å². The second-order valence-corrected chi connectivity index (χ2v) is 8.18. The molecule has 0 aliphatic heterocycles. The summed E-state index contributed by atoms with van der Waals surface area (Å²) in [7, 11) is -1.05. The maximum Gasteiger partial charge on any atom is 0.155 e. The summed E-state index contributed by atoms with van der Waals surface area (Å²) in [5.74, 6) is 0.834. The first-order valence-corrected chi connectivity index (χ1v) is 8.80. The smallest absolute Gasteiger partial charge is 0.155 e. The number of hydrogen-bond acceptors (Lipinski definition) is 4. The maximum absolute atomic E-state index is 11.7. The van der Waals surface area contributed by atoms with Gasteiger partial charge in [-0.25, -0.2) is 8.42 Å². The molecule has 0 spiro atoms. The second kappa shape index (κ2) is 6.14. The van der Waals surface area contributed by atoms with Gasteiger partial charge in [-0.15, -0.1) is 0 Å². The molecule has 4 nitrogen and oxygen atoms in total. The monoisotopic (exact) mass is 297 g/mol. The molecule has 1 N–H and O–H groups in total. The lowest BCUT2D eigenvalue weighted by atomic mass is 10.1. The summed E-state index contributed by atoms with van der Waals surface area (Å²) < 4.78 is 29.0. The molecule has 1 unspecified atom stereocenters. The van der Waals surface area contributed by atoms with Gasteiger partial charge in [-0.05, 0) is 57.0 Å². The Bertz CT molecular complexity index is 566. The highest BCUT2D eigenvalue weighted by molar-refractivity contribution is 7.91. The molecule has 1 aliphatic rings. The van der Waals surface area contributed by atoms with Gasteiger partial charge in [-0.3, -0.25) is 0 Å². The summed E-state index contributed by atoms with van der Waals surface area (Å²) in [5.41, 5.74) is 2.63. The van der Waals surface area contributed by atoms with Crippen molar-refractivity contribution in [3.8, 4) is 5.75 Å². The molecule has 0 heterocycles. The van der Waals surface area contributed by atoms with Crippen molar-refractivity contribution in [2.45, 2.75) is 38.0 Å². The molecule has 1 aliphatic carbocycles. The van der Waals surface area contributed by atoms with E-state index in [1.165, 1.54) is 11.1 Å². The summed E-state index contributed by atoms with van der Waals surface area (Å²) in [6, 6.07) is 6.47. The Hall–Kier alpha value is -1.07. The zero-order valence-electron chi connectivity index (χ0n) is 12.3. The molecule has 0 aromatic heterocycles. The lowest BCUT2D eigenvalue weighted by molar-refractivity contribution is 0.340. The Morgan fingerprint density at radius 1 is 1.40 bits per heavy atom. The fourth-order valence-electron chi connectivity index (χ4n) is 2.49. The highest BCUT2D eigenvalue weighted by atomic mass is 32.2. The molecule has 1 atom stereocenters. The summed E-state index contributed by atoms with van der Waals surface area (Å²) in [5, 5.41) is 2.95. The number of nitrogens with one attached hydrogen (secondary N) is 1. The highest BCUT2D eigenvalue weighted by Crippen LogP contribution is 2.33. The van der Waals surface area contributed by atoms with Crippen LogP contribution in [-0.4, -0.2) is 33.1 Å². The average molecular weight is 297 g/mol. The van der Waals surface area contributed by atoms with Crippen LogP contribution in [0.4, 0.5) is 0 Å². The van der Waals surface area contributed by atoms with Crippen molar-refractivity contribution in [3.05, 3.63) is 29.3 Å². The first-order chi connectivity index (χ1) is 9.44. The van der Waals surface area contributed by atoms with E-state index in [-0.39, 0.29) is 17.6 Å². The van der Waals surface area contributed by atoms with Gasteiger partial charge in [0.25, 0.3) is 0 Å². The number of rotatable bonds is 6. The fourth-order valence-corrected chi connectivity index (χ4v) is 3.28. The normalized spacial score (nSPS) is 18.3. The SMILES string of the molecule is CNC1CCc2cc(OCCS(=O)(=O)C(C)C)ccc21. The minimum absolute atomic E-state index is 0.0703. The van der Waals surface area contributed by atoms with E-state index in [4.69, 9.17) is 4.74 Å². The number of benzene rings is 1. The van der Waals surface area contributed by atoms with Crippen molar-refractivity contribution in [3.63, 3.8) is 0 Å². The quantitative estimate of drug-likeness (QED) is 0.873. The van der Waals surface area contributed by atoms with E-state index >= 15 is 0 Å². The van der Waals surface area contributed by atoms with Gasteiger partial charge in [-0.2, -0.15) is 0 Å². The summed E-state index contributed by atoms with van der Waals surface area (Å²) in [6.07, 6.45) is 2.15. The Morgan fingerprint density at radius 2 is 2.15 bits per heavy atom. The molecule has 0 fully saturated rings. The number of sulfone groups is 1. The zero-order valence-corrected chi connectivity index (χ0v) is 13.2. The molecule has 1 aromatic carbocycles. The Labute approximate surface area is 121 Å². The van der Waals surface area contributed by atoms with Crippen molar-refractivity contribution in [2.24, 2.45) is 0 Å². The molecule has 112 valence electrons. The molecule has 0 saturated carbocycles. The lowest BCUT2D eigenvalue weighted by Crippen LogP contribution is -2.22. The van der Waals surface area contributed by atoms with Crippen molar-refractivity contribution >= 4 is 9.84 Å². The van der Waals surface area contributed by atoms with Crippen molar-refractivity contribution in [1.29, 1.82) is 0 Å². The van der Waals surface area contributed by atoms with Crippen LogP contribution in [0.5, 0.6) is 5.75 Å². The largest absolute Gasteiger partial charge is 0.493 e. The van der Waals surface area contributed by atoms with Crippen LogP contribution in [0.15, 0.2) is 18.2 Å². The van der Waals surface area contributed by atoms with Crippen LogP contribution in [0.25, 0.3) is 0 Å². The van der Waals surface area contributed by atoms with Gasteiger partial charge < -0.3 is 10.1 Å². The third-order valence-electron chi connectivity index (χ3n) is 3.90. The summed E-state index contributed by atoms with van der Waals surface area (Å²) >= 11 is 0. The first-order valence-electron chi connectivity index (χ1n) is 7.08. The highest BCUT2D eigenvalue weighted by Gasteiger charge is 2.21. The van der Waals surface area contributed by atoms with Gasteiger partial charge >= 0.3 is 0 Å². The predicted molar refractivity (Wildman–Crippen MR) is 81.0 cm³/mol. The topological polar surface area (TPSA) is 55.4 Å². The van der Waals surface area contributed by atoms with Crippen LogP contribution < -0.4 is 10.1 Å². The standard InChI is InChI=1S/C15H23NO3S/c1-11(2)20(17,18)9-8-19-13-5-6-14-12(10-13)4-7-15(14)16-3/h5-6,10-11,15-16H,4,7-9H2,1-3H3. The Kier molecular flexibility index (Phi) is 4.70. The van der Waals surface area contributed by atoms with Crippen LogP contribution in [0.3, 0.4) is 0 Å². The molecule has 20 heavy (non-hydrogen) atoms. The first kappa shape index (κ1) is 15.3. The molecule has 0 radical (unpaired) electrons. The minimum atomic E-state index is -3.03. The lowest BCUT2D eigenvalue weighted by Gasteiger charge is -2.12. The third-order valence-corrected chi connectivity index (χ3v) is 6.07. The van der Waals surface area contributed by atoms with Crippen molar-refractivity contribution < 1.29 is 13.2 Å². The van der Waals surface area contributed by atoms with E-state index in [1.54, 1.807) is 13.8 Å². The van der Waals surface area contributed by atoms with E-state index in [1.807, 2.05) is 19.2 Å². The van der Waals surface area contributed by atoms with Gasteiger partial charge in [0.15, 0.2) is 9.84 Å². The van der Waals surface area contributed by atoms with E-state index in [2.05, 4.69) is 11.4 Å². The molecule has 1 aromatic rings. The van der Waals surface area contributed by atoms with Crippen molar-refractivity contribution in [2.75, 3.05) is 19.4 Å². The summed E-state index contributed by atoms with van der Waals surface area (Å²) in [4.78, 5) is 0. The molecule has 0 saturated heterocycles. The number of hydrogen-bond donors (Lipinski definition) is 1. The zero-order chi connectivity index (χ0) is 14.8. The van der Waals surface area contributed by atoms with Crippen LogP contribution in [0, 0.1) is 0 Å². The predicted octanol–water partition coefficient (Wildman–Crippen LogP) is 2.10. The second-order valence-electron chi connectivity index (χ2n) is 5.50. The van der Waals surface area contributed by atoms with Gasteiger partial charge in [-0.1, -0.05) is 6.07 Å².